The number of hydrogen-bond acceptors (Lipinski definition) is 3. The van der Waals surface area contributed by atoms with Crippen LogP contribution in [0.3, 0.4) is 0 Å². The van der Waals surface area contributed by atoms with Crippen molar-refractivity contribution in [3.8, 4) is 0 Å². The fourth-order valence-corrected chi connectivity index (χ4v) is 2.48. The highest BCUT2D eigenvalue weighted by Gasteiger charge is 2.13. The minimum atomic E-state index is -1.18. The van der Waals surface area contributed by atoms with Crippen molar-refractivity contribution in [2.24, 2.45) is 5.73 Å². The highest BCUT2D eigenvalue weighted by Crippen LogP contribution is 2.28. The first kappa shape index (κ1) is 15.3. The molecular formula is C17H14N4O3. The van der Waals surface area contributed by atoms with Gasteiger partial charge < -0.3 is 15.8 Å². The van der Waals surface area contributed by atoms with Crippen molar-refractivity contribution in [2.75, 3.05) is 5.32 Å². The zero-order valence-corrected chi connectivity index (χ0v) is 12.5. The van der Waals surface area contributed by atoms with Crippen LogP contribution >= 0.6 is 0 Å². The molecule has 5 N–H and O–H groups in total. The maximum Gasteiger partial charge on any atom is 0.409 e. The third kappa shape index (κ3) is 2.95. The minimum absolute atomic E-state index is 0.321. The normalized spacial score (nSPS) is 11.4. The molecule has 7 nitrogen and oxygen atoms in total. The Kier molecular flexibility index (Phi) is 3.98. The van der Waals surface area contributed by atoms with Gasteiger partial charge in [0, 0.05) is 28.9 Å². The Balaban J connectivity index is 2.18. The zero-order chi connectivity index (χ0) is 17.1. The molecule has 0 aliphatic carbocycles. The van der Waals surface area contributed by atoms with Crippen molar-refractivity contribution in [3.63, 3.8) is 0 Å². The summed E-state index contributed by atoms with van der Waals surface area (Å²) in [6.07, 6.45) is 3.57. The molecule has 0 fully saturated rings. The van der Waals surface area contributed by atoms with Gasteiger partial charge in [-0.05, 0) is 17.7 Å². The summed E-state index contributed by atoms with van der Waals surface area (Å²) < 4.78 is 0. The number of benzene rings is 1. The Bertz CT molecular complexity index is 945. The lowest BCUT2D eigenvalue weighted by atomic mass is 10.0. The Morgan fingerprint density at radius 1 is 1.21 bits per heavy atom. The number of carboxylic acid groups (broad SMARTS) is 1. The maximum atomic E-state index is 11.8. The number of nitrogens with one attached hydrogen (secondary N) is 2. The third-order valence-corrected chi connectivity index (χ3v) is 3.50. The molecule has 7 heteroatoms. The molecule has 1 aromatic carbocycles. The number of pyridine rings is 1. The molecule has 120 valence electrons. The van der Waals surface area contributed by atoms with E-state index in [9.17, 15) is 9.59 Å². The standard InChI is InChI=1S/C17H14N4O3/c18-15(22)12(10-4-2-1-3-5-10)8-11-9-20-16-14(11)13(6-7-19-16)21-17(23)24/h1-9H,(H2,18,22)(H,23,24)(H2,19,20,21)/b12-8-. The van der Waals surface area contributed by atoms with Crippen LogP contribution in [-0.4, -0.2) is 27.1 Å². The van der Waals surface area contributed by atoms with Gasteiger partial charge in [-0.25, -0.2) is 9.78 Å². The topological polar surface area (TPSA) is 121 Å². The Labute approximate surface area is 136 Å². The molecule has 3 aromatic rings. The number of nitrogens with two attached hydrogens (primary N) is 1. The molecule has 0 saturated carbocycles. The summed E-state index contributed by atoms with van der Waals surface area (Å²) in [7, 11) is 0. The summed E-state index contributed by atoms with van der Waals surface area (Å²) in [4.78, 5) is 29.9. The first-order chi connectivity index (χ1) is 11.6. The molecule has 0 saturated heterocycles. The predicted molar refractivity (Wildman–Crippen MR) is 91.2 cm³/mol. The number of carbonyl (C=O) groups excluding carboxylic acids is 1. The van der Waals surface area contributed by atoms with E-state index < -0.39 is 12.0 Å². The number of amides is 2. The lowest BCUT2D eigenvalue weighted by molar-refractivity contribution is -0.112. The fraction of sp³-hybridized carbons (Fsp3) is 0. The van der Waals surface area contributed by atoms with Crippen molar-refractivity contribution in [1.29, 1.82) is 0 Å². The van der Waals surface area contributed by atoms with E-state index in [-0.39, 0.29) is 0 Å². The summed E-state index contributed by atoms with van der Waals surface area (Å²) in [5.41, 5.74) is 7.99. The van der Waals surface area contributed by atoms with Crippen molar-refractivity contribution < 1.29 is 14.7 Å². The number of rotatable bonds is 4. The number of fused-ring (bicyclic) bond motifs is 1. The van der Waals surface area contributed by atoms with Gasteiger partial charge in [0.2, 0.25) is 5.91 Å². The van der Waals surface area contributed by atoms with Gasteiger partial charge >= 0.3 is 6.09 Å². The van der Waals surface area contributed by atoms with E-state index in [0.29, 0.717) is 33.4 Å². The monoisotopic (exact) mass is 322 g/mol. The first-order valence-corrected chi connectivity index (χ1v) is 7.09. The molecule has 0 atom stereocenters. The largest absolute Gasteiger partial charge is 0.465 e. The third-order valence-electron chi connectivity index (χ3n) is 3.50. The smallest absolute Gasteiger partial charge is 0.409 e. The quantitative estimate of drug-likeness (QED) is 0.552. The molecule has 0 aliphatic heterocycles. The van der Waals surface area contributed by atoms with Crippen LogP contribution in [0.15, 0.2) is 48.8 Å². The van der Waals surface area contributed by atoms with E-state index in [1.54, 1.807) is 42.6 Å². The molecule has 0 spiro atoms. The van der Waals surface area contributed by atoms with Crippen molar-refractivity contribution >= 4 is 40.4 Å². The van der Waals surface area contributed by atoms with Crippen molar-refractivity contribution in [1.82, 2.24) is 9.97 Å². The Morgan fingerprint density at radius 2 is 1.96 bits per heavy atom. The van der Waals surface area contributed by atoms with Gasteiger partial charge in [-0.1, -0.05) is 30.3 Å². The van der Waals surface area contributed by atoms with Crippen LogP contribution < -0.4 is 11.1 Å². The lowest BCUT2D eigenvalue weighted by Gasteiger charge is -2.06. The molecule has 2 amide bonds. The van der Waals surface area contributed by atoms with E-state index in [4.69, 9.17) is 10.8 Å². The van der Waals surface area contributed by atoms with E-state index in [2.05, 4.69) is 15.3 Å². The second kappa shape index (κ2) is 6.25. The van der Waals surface area contributed by atoms with Crippen LogP contribution in [0.25, 0.3) is 22.7 Å². The average Bonchev–Trinajstić information content (AvgIpc) is 2.97. The van der Waals surface area contributed by atoms with Crippen LogP contribution in [-0.2, 0) is 4.79 Å². The predicted octanol–water partition coefficient (Wildman–Crippen LogP) is 2.68. The number of primary amides is 1. The second-order valence-corrected chi connectivity index (χ2v) is 5.04. The van der Waals surface area contributed by atoms with Gasteiger partial charge in [-0.3, -0.25) is 10.1 Å². The molecule has 0 radical (unpaired) electrons. The summed E-state index contributed by atoms with van der Waals surface area (Å²) in [5.74, 6) is -0.577. The number of H-pyrrole nitrogens is 1. The van der Waals surface area contributed by atoms with Crippen LogP contribution in [0.5, 0.6) is 0 Å². The Hall–Kier alpha value is -3.61. The minimum Gasteiger partial charge on any atom is -0.465 e. The van der Waals surface area contributed by atoms with Gasteiger partial charge in [0.05, 0.1) is 5.69 Å². The van der Waals surface area contributed by atoms with Crippen LogP contribution in [0.1, 0.15) is 11.1 Å². The lowest BCUT2D eigenvalue weighted by Crippen LogP contribution is -2.12. The van der Waals surface area contributed by atoms with Gasteiger partial charge in [-0.15, -0.1) is 0 Å². The molecule has 0 bridgehead atoms. The van der Waals surface area contributed by atoms with Crippen molar-refractivity contribution in [3.05, 3.63) is 59.9 Å². The van der Waals surface area contributed by atoms with Gasteiger partial charge in [0.15, 0.2) is 0 Å². The van der Waals surface area contributed by atoms with E-state index in [1.165, 1.54) is 6.20 Å². The summed E-state index contributed by atoms with van der Waals surface area (Å²) in [6.45, 7) is 0. The summed E-state index contributed by atoms with van der Waals surface area (Å²) in [6, 6.07) is 10.6. The maximum absolute atomic E-state index is 11.8. The molecule has 3 rings (SSSR count). The summed E-state index contributed by atoms with van der Waals surface area (Å²) >= 11 is 0. The molecule has 2 aromatic heterocycles. The second-order valence-electron chi connectivity index (χ2n) is 5.04. The van der Waals surface area contributed by atoms with Gasteiger partial charge in [0.25, 0.3) is 0 Å². The molecule has 24 heavy (non-hydrogen) atoms. The van der Waals surface area contributed by atoms with Crippen molar-refractivity contribution in [2.45, 2.75) is 0 Å². The SMILES string of the molecule is NC(=O)/C(=C\c1c[nH]c2nccc(NC(=O)O)c12)c1ccccc1. The zero-order valence-electron chi connectivity index (χ0n) is 12.5. The van der Waals surface area contributed by atoms with E-state index in [0.717, 1.165) is 0 Å². The van der Waals surface area contributed by atoms with Gasteiger partial charge in [-0.2, -0.15) is 0 Å². The van der Waals surface area contributed by atoms with Gasteiger partial charge in [0.1, 0.15) is 5.65 Å². The average molecular weight is 322 g/mol. The summed E-state index contributed by atoms with van der Waals surface area (Å²) in [5, 5.41) is 11.9. The van der Waals surface area contributed by atoms with Crippen LogP contribution in [0.2, 0.25) is 0 Å². The van der Waals surface area contributed by atoms with E-state index >= 15 is 0 Å². The van der Waals surface area contributed by atoms with Crippen LogP contribution in [0.4, 0.5) is 10.5 Å². The molecule has 0 aliphatic rings. The van der Waals surface area contributed by atoms with Crippen LogP contribution in [0, 0.1) is 0 Å². The highest BCUT2D eigenvalue weighted by atomic mass is 16.4. The number of anilines is 1. The first-order valence-electron chi connectivity index (χ1n) is 7.09. The van der Waals surface area contributed by atoms with E-state index in [1.807, 2.05) is 6.07 Å². The number of hydrogen-bond donors (Lipinski definition) is 4. The number of aromatic nitrogens is 2. The molecule has 2 heterocycles. The highest BCUT2D eigenvalue weighted by molar-refractivity contribution is 6.24. The Morgan fingerprint density at radius 3 is 2.62 bits per heavy atom. The molecular weight excluding hydrogens is 308 g/mol. The number of nitrogens with zero attached hydrogens (tertiary/aromatic N) is 1. The molecule has 0 unspecified atom stereocenters. The number of carbonyl (C=O) groups is 2. The fourth-order valence-electron chi connectivity index (χ4n) is 2.48. The number of aromatic amines is 1.